The second-order valence-electron chi connectivity index (χ2n) is 4.16. The molecular weight excluding hydrogens is 352 g/mol. The molecule has 102 valence electrons. The van der Waals surface area contributed by atoms with Crippen molar-refractivity contribution in [2.45, 2.75) is 0 Å². The molecule has 0 amide bonds. The molecule has 1 heterocycles. The van der Waals surface area contributed by atoms with Gasteiger partial charge in [-0.15, -0.1) is 0 Å². The molecule has 2 aromatic carbocycles. The van der Waals surface area contributed by atoms with Gasteiger partial charge in [-0.1, -0.05) is 11.6 Å². The molecule has 0 fully saturated rings. The summed E-state index contributed by atoms with van der Waals surface area (Å²) in [5.41, 5.74) is 7.14. The third kappa shape index (κ3) is 2.05. The Kier molecular flexibility index (Phi) is 3.14. The molecule has 0 unspecified atom stereocenters. The first-order valence-corrected chi connectivity index (χ1v) is 6.73. The minimum atomic E-state index is -0.585. The first-order valence-electron chi connectivity index (χ1n) is 5.56. The van der Waals surface area contributed by atoms with Crippen LogP contribution in [0.2, 0.25) is 5.02 Å². The van der Waals surface area contributed by atoms with Crippen LogP contribution in [0, 0.1) is 11.6 Å². The van der Waals surface area contributed by atoms with Crippen LogP contribution in [0.15, 0.2) is 34.8 Å². The molecule has 1 aromatic heterocycles. The van der Waals surface area contributed by atoms with Crippen molar-refractivity contribution in [2.75, 3.05) is 5.73 Å². The van der Waals surface area contributed by atoms with Crippen LogP contribution in [0.5, 0.6) is 0 Å². The van der Waals surface area contributed by atoms with E-state index in [9.17, 15) is 8.78 Å². The fourth-order valence-electron chi connectivity index (χ4n) is 1.99. The molecule has 20 heavy (non-hydrogen) atoms. The summed E-state index contributed by atoms with van der Waals surface area (Å²) >= 11 is 8.78. The number of hydrogen-bond donors (Lipinski definition) is 1. The zero-order valence-corrected chi connectivity index (χ0v) is 12.2. The minimum Gasteiger partial charge on any atom is -0.369 e. The van der Waals surface area contributed by atoms with Crippen LogP contribution >= 0.6 is 27.5 Å². The third-order valence-corrected chi connectivity index (χ3v) is 3.82. The summed E-state index contributed by atoms with van der Waals surface area (Å²) in [7, 11) is 0. The van der Waals surface area contributed by atoms with E-state index in [1.165, 1.54) is 22.8 Å². The highest BCUT2D eigenvalue weighted by molar-refractivity contribution is 9.10. The van der Waals surface area contributed by atoms with E-state index in [2.05, 4.69) is 20.9 Å². The Morgan fingerprint density at radius 1 is 1.15 bits per heavy atom. The van der Waals surface area contributed by atoms with E-state index in [1.54, 1.807) is 12.1 Å². The number of hydrogen-bond acceptors (Lipinski definition) is 2. The van der Waals surface area contributed by atoms with Crippen LogP contribution in [0.3, 0.4) is 0 Å². The fourth-order valence-corrected chi connectivity index (χ4v) is 2.39. The number of imidazole rings is 1. The average molecular weight is 359 g/mol. The molecule has 7 heteroatoms. The van der Waals surface area contributed by atoms with Gasteiger partial charge in [0.15, 0.2) is 0 Å². The number of benzene rings is 2. The normalized spacial score (nSPS) is 11.2. The molecule has 3 rings (SSSR count). The number of nitrogens with two attached hydrogens (primary N) is 1. The van der Waals surface area contributed by atoms with E-state index in [4.69, 9.17) is 17.3 Å². The van der Waals surface area contributed by atoms with E-state index < -0.39 is 11.6 Å². The predicted octanol–water partition coefficient (Wildman–Crippen LogP) is 4.30. The Morgan fingerprint density at radius 3 is 2.60 bits per heavy atom. The van der Waals surface area contributed by atoms with E-state index in [1.807, 2.05) is 0 Å². The lowest BCUT2D eigenvalue weighted by Crippen LogP contribution is -2.01. The van der Waals surface area contributed by atoms with Gasteiger partial charge < -0.3 is 5.73 Å². The summed E-state index contributed by atoms with van der Waals surface area (Å²) in [5, 5.41) is -0.0378. The van der Waals surface area contributed by atoms with Crippen molar-refractivity contribution < 1.29 is 8.78 Å². The molecule has 0 saturated heterocycles. The lowest BCUT2D eigenvalue weighted by molar-refractivity contribution is 0.620. The van der Waals surface area contributed by atoms with E-state index in [0.717, 1.165) is 0 Å². The first-order chi connectivity index (χ1) is 9.47. The zero-order valence-electron chi connectivity index (χ0n) is 9.87. The van der Waals surface area contributed by atoms with Gasteiger partial charge >= 0.3 is 0 Å². The van der Waals surface area contributed by atoms with Crippen molar-refractivity contribution in [2.24, 2.45) is 0 Å². The molecular formula is C13H7BrClF2N3. The number of halogens is 4. The van der Waals surface area contributed by atoms with Crippen LogP contribution in [-0.4, -0.2) is 9.55 Å². The SMILES string of the molecule is Nc1nc2cc(Cl)c(F)cc2n1-c1ccc(Br)c(F)c1. The van der Waals surface area contributed by atoms with Gasteiger partial charge in [0.2, 0.25) is 5.95 Å². The molecule has 0 spiro atoms. The Hall–Kier alpha value is -1.66. The molecule has 3 aromatic rings. The molecule has 0 atom stereocenters. The highest BCUT2D eigenvalue weighted by Crippen LogP contribution is 2.28. The summed E-state index contributed by atoms with van der Waals surface area (Å²) in [5.74, 6) is -0.903. The van der Waals surface area contributed by atoms with Crippen molar-refractivity contribution in [3.8, 4) is 5.69 Å². The topological polar surface area (TPSA) is 43.8 Å². The van der Waals surface area contributed by atoms with Gasteiger partial charge in [0, 0.05) is 6.07 Å². The molecule has 0 aliphatic heterocycles. The minimum absolute atomic E-state index is 0.0378. The van der Waals surface area contributed by atoms with Crippen LogP contribution < -0.4 is 5.73 Å². The van der Waals surface area contributed by atoms with Gasteiger partial charge in [-0.3, -0.25) is 4.57 Å². The Morgan fingerprint density at radius 2 is 1.90 bits per heavy atom. The number of rotatable bonds is 1. The predicted molar refractivity (Wildman–Crippen MR) is 78.1 cm³/mol. The maximum Gasteiger partial charge on any atom is 0.205 e. The Balaban J connectivity index is 2.32. The van der Waals surface area contributed by atoms with Crippen molar-refractivity contribution in [3.05, 3.63) is 51.5 Å². The van der Waals surface area contributed by atoms with Crippen LogP contribution in [-0.2, 0) is 0 Å². The fraction of sp³-hybridized carbons (Fsp3) is 0. The smallest absolute Gasteiger partial charge is 0.205 e. The maximum absolute atomic E-state index is 13.6. The van der Waals surface area contributed by atoms with Gasteiger partial charge in [0.25, 0.3) is 0 Å². The van der Waals surface area contributed by atoms with E-state index >= 15 is 0 Å². The summed E-state index contributed by atoms with van der Waals surface area (Å²) in [4.78, 5) is 4.10. The Bertz CT molecular complexity index is 832. The molecule has 0 bridgehead atoms. The highest BCUT2D eigenvalue weighted by atomic mass is 79.9. The second-order valence-corrected chi connectivity index (χ2v) is 5.42. The largest absolute Gasteiger partial charge is 0.369 e. The number of nitrogen functional groups attached to an aromatic ring is 1. The lowest BCUT2D eigenvalue weighted by Gasteiger charge is -2.07. The first kappa shape index (κ1) is 13.3. The third-order valence-electron chi connectivity index (χ3n) is 2.88. The van der Waals surface area contributed by atoms with Gasteiger partial charge in [0.1, 0.15) is 11.6 Å². The Labute approximate surface area is 126 Å². The number of nitrogens with zero attached hydrogens (tertiary/aromatic N) is 2. The molecule has 2 N–H and O–H groups in total. The van der Waals surface area contributed by atoms with Crippen LogP contribution in [0.4, 0.5) is 14.7 Å². The molecule has 3 nitrogen and oxygen atoms in total. The molecule has 0 aliphatic carbocycles. The van der Waals surface area contributed by atoms with Crippen LogP contribution in [0.25, 0.3) is 16.7 Å². The second kappa shape index (κ2) is 4.71. The van der Waals surface area contributed by atoms with Crippen LogP contribution in [0.1, 0.15) is 0 Å². The number of anilines is 1. The molecule has 0 aliphatic rings. The van der Waals surface area contributed by atoms with Crippen molar-refractivity contribution in [1.29, 1.82) is 0 Å². The van der Waals surface area contributed by atoms with Gasteiger partial charge in [-0.2, -0.15) is 0 Å². The maximum atomic E-state index is 13.6. The number of fused-ring (bicyclic) bond motifs is 1. The van der Waals surface area contributed by atoms with Crippen molar-refractivity contribution >= 4 is 44.5 Å². The average Bonchev–Trinajstić information content (AvgIpc) is 2.69. The zero-order chi connectivity index (χ0) is 14.4. The monoisotopic (exact) mass is 357 g/mol. The number of aromatic nitrogens is 2. The lowest BCUT2D eigenvalue weighted by atomic mass is 10.2. The summed E-state index contributed by atoms with van der Waals surface area (Å²) in [6.07, 6.45) is 0. The van der Waals surface area contributed by atoms with E-state index in [-0.39, 0.29) is 11.0 Å². The standard InChI is InChI=1S/C13H7BrClF2N3/c14-7-2-1-6(3-9(7)16)20-12-5-10(17)8(15)4-11(12)19-13(20)18/h1-5H,(H2,18,19). The molecule has 0 radical (unpaired) electrons. The van der Waals surface area contributed by atoms with Crippen molar-refractivity contribution in [1.82, 2.24) is 9.55 Å². The van der Waals surface area contributed by atoms with Crippen molar-refractivity contribution in [3.63, 3.8) is 0 Å². The summed E-state index contributed by atoms with van der Waals surface area (Å²) < 4.78 is 29.0. The van der Waals surface area contributed by atoms with Gasteiger partial charge in [-0.25, -0.2) is 13.8 Å². The quantitative estimate of drug-likeness (QED) is 0.705. The summed E-state index contributed by atoms with van der Waals surface area (Å²) in [6.45, 7) is 0. The van der Waals surface area contributed by atoms with Gasteiger partial charge in [0.05, 0.1) is 26.2 Å². The molecule has 0 saturated carbocycles. The highest BCUT2D eigenvalue weighted by Gasteiger charge is 2.14. The van der Waals surface area contributed by atoms with Gasteiger partial charge in [-0.05, 0) is 40.2 Å². The summed E-state index contributed by atoms with van der Waals surface area (Å²) in [6, 6.07) is 7.09. The van der Waals surface area contributed by atoms with E-state index in [0.29, 0.717) is 21.2 Å².